The van der Waals surface area contributed by atoms with Gasteiger partial charge in [-0.25, -0.2) is 32.2 Å². The zero-order valence-electron chi connectivity index (χ0n) is 19.4. The number of pyridine rings is 1. The van der Waals surface area contributed by atoms with Gasteiger partial charge in [-0.15, -0.1) is 0 Å². The molecule has 0 unspecified atom stereocenters. The molecule has 0 fully saturated rings. The highest BCUT2D eigenvalue weighted by atomic mass is 32.2. The summed E-state index contributed by atoms with van der Waals surface area (Å²) in [6.07, 6.45) is 3.96. The topological polar surface area (TPSA) is 132 Å². The van der Waals surface area contributed by atoms with Crippen LogP contribution in [0, 0.1) is 18.6 Å². The molecule has 2 aromatic heterocycles. The van der Waals surface area contributed by atoms with Gasteiger partial charge < -0.3 is 21.1 Å². The second-order valence-electron chi connectivity index (χ2n) is 8.54. The number of rotatable bonds is 5. The Hall–Kier alpha value is -4.06. The van der Waals surface area contributed by atoms with Crippen LogP contribution in [0.3, 0.4) is 0 Å². The molecule has 0 amide bonds. The average molecular weight is 513 g/mol. The van der Waals surface area contributed by atoms with E-state index in [-0.39, 0.29) is 28.6 Å². The fourth-order valence-corrected chi connectivity index (χ4v) is 4.88. The number of fused-ring (bicyclic) bond motifs is 2. The number of nitrogen functional groups attached to an aromatic ring is 1. The zero-order chi connectivity index (χ0) is 25.6. The maximum absolute atomic E-state index is 15.3. The van der Waals surface area contributed by atoms with E-state index >= 15 is 4.39 Å². The quantitative estimate of drug-likeness (QED) is 0.340. The molecule has 1 aliphatic rings. The van der Waals surface area contributed by atoms with E-state index in [9.17, 15) is 12.8 Å². The van der Waals surface area contributed by atoms with Gasteiger partial charge in [-0.05, 0) is 36.2 Å². The highest BCUT2D eigenvalue weighted by Gasteiger charge is 2.21. The van der Waals surface area contributed by atoms with Crippen LogP contribution in [0.1, 0.15) is 11.1 Å². The molecule has 1 aliphatic heterocycles. The smallest absolute Gasteiger partial charge is 0.237 e. The minimum absolute atomic E-state index is 0.0581. The molecule has 0 spiro atoms. The Labute approximate surface area is 205 Å². The van der Waals surface area contributed by atoms with Crippen molar-refractivity contribution in [2.45, 2.75) is 12.7 Å². The fourth-order valence-electron chi connectivity index (χ4n) is 4.10. The number of hydrogen-bond donors (Lipinski definition) is 3. The maximum atomic E-state index is 15.3. The monoisotopic (exact) mass is 512 g/mol. The first-order valence-electron chi connectivity index (χ1n) is 11.0. The summed E-state index contributed by atoms with van der Waals surface area (Å²) < 4.78 is 58.4. The predicted octanol–water partition coefficient (Wildman–Crippen LogP) is 3.95. The van der Waals surface area contributed by atoms with Crippen molar-refractivity contribution in [2.24, 2.45) is 0 Å². The first-order valence-corrected chi connectivity index (χ1v) is 13.0. The van der Waals surface area contributed by atoms with Crippen LogP contribution in [-0.4, -0.2) is 42.8 Å². The number of hydrogen-bond acceptors (Lipinski definition) is 9. The third-order valence-electron chi connectivity index (χ3n) is 5.81. The number of nitrogens with two attached hydrogens (primary N) is 1. The van der Waals surface area contributed by atoms with Crippen LogP contribution in [-0.2, 0) is 15.6 Å². The van der Waals surface area contributed by atoms with E-state index in [1.54, 1.807) is 6.07 Å². The van der Waals surface area contributed by atoms with Crippen molar-refractivity contribution in [2.75, 3.05) is 35.8 Å². The van der Waals surface area contributed by atoms with E-state index in [4.69, 9.17) is 10.5 Å². The molecule has 0 saturated carbocycles. The molecule has 4 N–H and O–H groups in total. The number of anilines is 4. The van der Waals surface area contributed by atoms with Crippen molar-refractivity contribution in [3.63, 3.8) is 0 Å². The van der Waals surface area contributed by atoms with Crippen LogP contribution in [0.2, 0.25) is 0 Å². The number of halogens is 2. The lowest BCUT2D eigenvalue weighted by Gasteiger charge is -2.22. The Morgan fingerprint density at radius 1 is 1.17 bits per heavy atom. The van der Waals surface area contributed by atoms with Gasteiger partial charge in [0.15, 0.2) is 15.7 Å². The normalized spacial score (nSPS) is 13.1. The van der Waals surface area contributed by atoms with Gasteiger partial charge in [-0.3, -0.25) is 0 Å². The molecule has 2 aromatic carbocycles. The molecule has 0 radical (unpaired) electrons. The van der Waals surface area contributed by atoms with Crippen LogP contribution in [0.15, 0.2) is 36.7 Å². The molecule has 0 aliphatic carbocycles. The summed E-state index contributed by atoms with van der Waals surface area (Å²) >= 11 is 0. The Bertz CT molecular complexity index is 1630. The SMILES string of the molecule is Cc1c(-c2cc3nc(Nc4ccc(CS(C)(=O)=O)cc4F)ncc3c(N)c2F)cnc2c1NCCO2. The second kappa shape index (κ2) is 8.86. The molecule has 0 bridgehead atoms. The summed E-state index contributed by atoms with van der Waals surface area (Å²) in [6, 6.07) is 5.59. The Kier molecular flexibility index (Phi) is 5.83. The van der Waals surface area contributed by atoms with Crippen LogP contribution in [0.5, 0.6) is 5.88 Å². The van der Waals surface area contributed by atoms with Gasteiger partial charge in [0.1, 0.15) is 18.1 Å². The molecule has 9 nitrogen and oxygen atoms in total. The van der Waals surface area contributed by atoms with Crippen LogP contribution in [0.25, 0.3) is 22.0 Å². The first-order chi connectivity index (χ1) is 17.1. The van der Waals surface area contributed by atoms with E-state index in [1.165, 1.54) is 24.5 Å². The maximum Gasteiger partial charge on any atom is 0.237 e. The summed E-state index contributed by atoms with van der Waals surface area (Å²) in [5.74, 6) is -1.05. The number of benzene rings is 2. The highest BCUT2D eigenvalue weighted by molar-refractivity contribution is 7.89. The number of nitrogens with one attached hydrogen (secondary N) is 2. The van der Waals surface area contributed by atoms with Crippen LogP contribution in [0.4, 0.5) is 31.8 Å². The average Bonchev–Trinajstić information content (AvgIpc) is 2.83. The second-order valence-corrected chi connectivity index (χ2v) is 10.7. The van der Waals surface area contributed by atoms with E-state index in [0.717, 1.165) is 17.9 Å². The van der Waals surface area contributed by atoms with E-state index in [1.807, 2.05) is 6.92 Å². The van der Waals surface area contributed by atoms with Gasteiger partial charge in [-0.1, -0.05) is 6.07 Å². The molecular formula is C24H22F2N6O3S. The zero-order valence-corrected chi connectivity index (χ0v) is 20.2. The van der Waals surface area contributed by atoms with Gasteiger partial charge in [0.05, 0.1) is 22.6 Å². The summed E-state index contributed by atoms with van der Waals surface area (Å²) in [7, 11) is -3.30. The third kappa shape index (κ3) is 4.47. The third-order valence-corrected chi connectivity index (χ3v) is 6.67. The van der Waals surface area contributed by atoms with Crippen molar-refractivity contribution < 1.29 is 21.9 Å². The number of nitrogens with zero attached hydrogens (tertiary/aromatic N) is 3. The minimum Gasteiger partial charge on any atom is -0.474 e. The lowest BCUT2D eigenvalue weighted by atomic mass is 9.98. The molecule has 12 heteroatoms. The summed E-state index contributed by atoms with van der Waals surface area (Å²) in [5, 5.41) is 6.31. The van der Waals surface area contributed by atoms with E-state index in [2.05, 4.69) is 25.6 Å². The largest absolute Gasteiger partial charge is 0.474 e. The van der Waals surface area contributed by atoms with Gasteiger partial charge in [0, 0.05) is 41.7 Å². The Morgan fingerprint density at radius 2 is 1.97 bits per heavy atom. The highest BCUT2D eigenvalue weighted by Crippen LogP contribution is 2.39. The molecule has 0 saturated heterocycles. The molecule has 0 atom stereocenters. The van der Waals surface area contributed by atoms with Crippen LogP contribution < -0.4 is 21.1 Å². The first kappa shape index (κ1) is 23.7. The van der Waals surface area contributed by atoms with Crippen molar-refractivity contribution in [1.82, 2.24) is 15.0 Å². The number of ether oxygens (including phenoxy) is 1. The van der Waals surface area contributed by atoms with Crippen molar-refractivity contribution in [3.8, 4) is 17.0 Å². The molecule has 4 aromatic rings. The number of aromatic nitrogens is 3. The Morgan fingerprint density at radius 3 is 2.72 bits per heavy atom. The van der Waals surface area contributed by atoms with Crippen molar-refractivity contribution in [3.05, 3.63) is 59.4 Å². The fraction of sp³-hybridized carbons (Fsp3) is 0.208. The molecule has 5 rings (SSSR count). The minimum atomic E-state index is -3.30. The van der Waals surface area contributed by atoms with Gasteiger partial charge in [0.2, 0.25) is 11.8 Å². The van der Waals surface area contributed by atoms with Gasteiger partial charge in [0.25, 0.3) is 0 Å². The molecule has 3 heterocycles. The standard InChI is InChI=1S/C24H22F2N6O3S/c1-12-15(9-29-23-22(12)28-5-6-35-23)14-8-19-16(21(27)20(14)26)10-30-24(32-19)31-18-4-3-13(7-17(18)25)11-36(2,33)34/h3-4,7-10,28H,5-6,11,27H2,1-2H3,(H,30,31,32). The molecule has 186 valence electrons. The van der Waals surface area contributed by atoms with E-state index in [0.29, 0.717) is 46.7 Å². The lowest BCUT2D eigenvalue weighted by molar-refractivity contribution is 0.310. The van der Waals surface area contributed by atoms with Gasteiger partial charge >= 0.3 is 0 Å². The van der Waals surface area contributed by atoms with Gasteiger partial charge in [-0.2, -0.15) is 0 Å². The van der Waals surface area contributed by atoms with E-state index < -0.39 is 21.5 Å². The summed E-state index contributed by atoms with van der Waals surface area (Å²) in [5.41, 5.74) is 8.88. The van der Waals surface area contributed by atoms with Crippen LogP contribution >= 0.6 is 0 Å². The number of sulfone groups is 1. The summed E-state index contributed by atoms with van der Waals surface area (Å²) in [6.45, 7) is 2.93. The Balaban J connectivity index is 1.53. The molecule has 36 heavy (non-hydrogen) atoms. The van der Waals surface area contributed by atoms with Crippen molar-refractivity contribution >= 4 is 43.8 Å². The predicted molar refractivity (Wildman–Crippen MR) is 134 cm³/mol. The van der Waals surface area contributed by atoms with Crippen molar-refractivity contribution in [1.29, 1.82) is 0 Å². The lowest BCUT2D eigenvalue weighted by Crippen LogP contribution is -2.20. The molecular weight excluding hydrogens is 490 g/mol. The summed E-state index contributed by atoms with van der Waals surface area (Å²) in [4.78, 5) is 12.8.